The Balaban J connectivity index is 2.91. The molecule has 1 aromatic carbocycles. The van der Waals surface area contributed by atoms with Crippen molar-refractivity contribution in [2.75, 3.05) is 5.33 Å². The first-order valence-corrected chi connectivity index (χ1v) is 5.05. The maximum absolute atomic E-state index is 12.0. The molecule has 0 aliphatic rings. The Hall–Kier alpha value is -0.680. The molecule has 0 aliphatic heterocycles. The van der Waals surface area contributed by atoms with E-state index in [0.717, 1.165) is 0 Å². The first kappa shape index (κ1) is 11.4. The van der Waals surface area contributed by atoms with E-state index in [4.69, 9.17) is 0 Å². The highest BCUT2D eigenvalue weighted by molar-refractivity contribution is 9.09. The average molecular weight is 267 g/mol. The number of ether oxygens (including phenoxy) is 1. The summed E-state index contributed by atoms with van der Waals surface area (Å²) < 4.78 is 28.2. The van der Waals surface area contributed by atoms with E-state index in [1.165, 1.54) is 6.07 Å². The van der Waals surface area contributed by atoms with Gasteiger partial charge < -0.3 is 9.84 Å². The number of alkyl halides is 3. The minimum atomic E-state index is -2.88. The summed E-state index contributed by atoms with van der Waals surface area (Å²) in [4.78, 5) is 0. The van der Waals surface area contributed by atoms with Crippen molar-refractivity contribution in [2.45, 2.75) is 12.7 Å². The largest absolute Gasteiger partial charge is 0.434 e. The predicted molar refractivity (Wildman–Crippen MR) is 51.8 cm³/mol. The molecule has 1 aromatic rings. The molecule has 0 saturated heterocycles. The van der Waals surface area contributed by atoms with Crippen molar-refractivity contribution in [3.05, 3.63) is 29.8 Å². The Labute approximate surface area is 88.6 Å². The fourth-order valence-corrected chi connectivity index (χ4v) is 1.39. The number of benzene rings is 1. The standard InChI is InChI=1S/C9H9BrF2O2/c10-5-7(13)6-3-1-2-4-8(6)14-9(11)12/h1-4,7,9,13H,5H2/t7-/m1/s1. The van der Waals surface area contributed by atoms with Crippen LogP contribution in [-0.4, -0.2) is 17.0 Å². The van der Waals surface area contributed by atoms with Crippen LogP contribution in [-0.2, 0) is 0 Å². The lowest BCUT2D eigenvalue weighted by atomic mass is 10.1. The number of aliphatic hydroxyl groups is 1. The van der Waals surface area contributed by atoms with Gasteiger partial charge in [-0.25, -0.2) is 0 Å². The van der Waals surface area contributed by atoms with Crippen LogP contribution in [0.3, 0.4) is 0 Å². The predicted octanol–water partition coefficient (Wildman–Crippen LogP) is 2.72. The summed E-state index contributed by atoms with van der Waals surface area (Å²) in [7, 11) is 0. The molecule has 0 heterocycles. The van der Waals surface area contributed by atoms with E-state index in [-0.39, 0.29) is 11.1 Å². The van der Waals surface area contributed by atoms with Crippen molar-refractivity contribution < 1.29 is 18.6 Å². The number of halogens is 3. The fraction of sp³-hybridized carbons (Fsp3) is 0.333. The van der Waals surface area contributed by atoms with Crippen molar-refractivity contribution in [3.63, 3.8) is 0 Å². The van der Waals surface area contributed by atoms with Gasteiger partial charge in [-0.3, -0.25) is 0 Å². The lowest BCUT2D eigenvalue weighted by Gasteiger charge is -2.13. The van der Waals surface area contributed by atoms with Gasteiger partial charge in [-0.2, -0.15) is 8.78 Å². The maximum Gasteiger partial charge on any atom is 0.387 e. The molecule has 0 amide bonds. The molecule has 0 fully saturated rings. The third kappa shape index (κ3) is 2.92. The second-order valence-electron chi connectivity index (χ2n) is 2.59. The third-order valence-corrected chi connectivity index (χ3v) is 2.25. The molecule has 0 aliphatic carbocycles. The van der Waals surface area contributed by atoms with Gasteiger partial charge >= 0.3 is 6.61 Å². The third-order valence-electron chi connectivity index (χ3n) is 1.64. The lowest BCUT2D eigenvalue weighted by Crippen LogP contribution is -2.07. The number of hydrogen-bond donors (Lipinski definition) is 1. The van der Waals surface area contributed by atoms with Crippen molar-refractivity contribution >= 4 is 15.9 Å². The Bertz CT molecular complexity index is 294. The number of para-hydroxylation sites is 1. The van der Waals surface area contributed by atoms with Gasteiger partial charge in [0.15, 0.2) is 0 Å². The van der Waals surface area contributed by atoms with Crippen LogP contribution in [0.15, 0.2) is 24.3 Å². The monoisotopic (exact) mass is 266 g/mol. The van der Waals surface area contributed by atoms with Crippen LogP contribution in [0.1, 0.15) is 11.7 Å². The summed E-state index contributed by atoms with van der Waals surface area (Å²) in [6.07, 6.45) is -0.843. The molecule has 78 valence electrons. The fourth-order valence-electron chi connectivity index (χ4n) is 1.04. The zero-order valence-corrected chi connectivity index (χ0v) is 8.75. The van der Waals surface area contributed by atoms with Gasteiger partial charge in [-0.1, -0.05) is 34.1 Å². The molecule has 0 saturated carbocycles. The van der Waals surface area contributed by atoms with Gasteiger partial charge in [0.05, 0.1) is 6.10 Å². The van der Waals surface area contributed by atoms with Gasteiger partial charge in [-0.15, -0.1) is 0 Å². The van der Waals surface area contributed by atoms with E-state index in [9.17, 15) is 13.9 Å². The van der Waals surface area contributed by atoms with Crippen LogP contribution in [0.2, 0.25) is 0 Å². The summed E-state index contributed by atoms with van der Waals surface area (Å²) in [6.45, 7) is -2.88. The van der Waals surface area contributed by atoms with Crippen LogP contribution in [0.25, 0.3) is 0 Å². The summed E-state index contributed by atoms with van der Waals surface area (Å²) in [5, 5.41) is 9.73. The van der Waals surface area contributed by atoms with Gasteiger partial charge in [0.1, 0.15) is 5.75 Å². The molecule has 14 heavy (non-hydrogen) atoms. The summed E-state index contributed by atoms with van der Waals surface area (Å²) in [6, 6.07) is 6.17. The second-order valence-corrected chi connectivity index (χ2v) is 3.23. The van der Waals surface area contributed by atoms with Crippen LogP contribution >= 0.6 is 15.9 Å². The van der Waals surface area contributed by atoms with Gasteiger partial charge in [0.25, 0.3) is 0 Å². The molecule has 1 atom stereocenters. The van der Waals surface area contributed by atoms with Crippen molar-refractivity contribution in [2.24, 2.45) is 0 Å². The molecule has 2 nitrogen and oxygen atoms in total. The second kappa shape index (κ2) is 5.26. The quantitative estimate of drug-likeness (QED) is 0.850. The van der Waals surface area contributed by atoms with Crippen LogP contribution < -0.4 is 4.74 Å². The summed E-state index contributed by atoms with van der Waals surface area (Å²) in [5.74, 6) is 0.00875. The normalized spacial score (nSPS) is 12.9. The summed E-state index contributed by atoms with van der Waals surface area (Å²) >= 11 is 3.06. The van der Waals surface area contributed by atoms with E-state index in [1.807, 2.05) is 0 Å². The smallest absolute Gasteiger partial charge is 0.387 e. The lowest BCUT2D eigenvalue weighted by molar-refractivity contribution is -0.0513. The maximum atomic E-state index is 12.0. The van der Waals surface area contributed by atoms with Crippen LogP contribution in [0.4, 0.5) is 8.78 Å². The van der Waals surface area contributed by atoms with Gasteiger partial charge in [0.2, 0.25) is 0 Å². The number of hydrogen-bond acceptors (Lipinski definition) is 2. The molecule has 0 aromatic heterocycles. The Morgan fingerprint density at radius 2 is 2.00 bits per heavy atom. The molecule has 5 heteroatoms. The zero-order chi connectivity index (χ0) is 10.6. The Morgan fingerprint density at radius 1 is 1.36 bits per heavy atom. The van der Waals surface area contributed by atoms with Crippen molar-refractivity contribution in [3.8, 4) is 5.75 Å². The molecule has 0 spiro atoms. The van der Waals surface area contributed by atoms with Crippen LogP contribution in [0, 0.1) is 0 Å². The first-order valence-electron chi connectivity index (χ1n) is 3.93. The minimum absolute atomic E-state index is 0.00875. The molecule has 0 radical (unpaired) electrons. The number of rotatable bonds is 4. The van der Waals surface area contributed by atoms with Crippen LogP contribution in [0.5, 0.6) is 5.75 Å². The van der Waals surface area contributed by atoms with Crippen molar-refractivity contribution in [1.29, 1.82) is 0 Å². The van der Waals surface area contributed by atoms with Gasteiger partial charge in [-0.05, 0) is 6.07 Å². The number of aliphatic hydroxyl groups excluding tert-OH is 1. The zero-order valence-electron chi connectivity index (χ0n) is 7.16. The minimum Gasteiger partial charge on any atom is -0.434 e. The molecule has 0 unspecified atom stereocenters. The molecule has 1 rings (SSSR count). The Kier molecular flexibility index (Phi) is 4.28. The van der Waals surface area contributed by atoms with E-state index < -0.39 is 12.7 Å². The first-order chi connectivity index (χ1) is 6.65. The SMILES string of the molecule is O[C@H](CBr)c1ccccc1OC(F)F. The highest BCUT2D eigenvalue weighted by Gasteiger charge is 2.14. The molecule has 0 bridgehead atoms. The molecule has 1 N–H and O–H groups in total. The van der Waals surface area contributed by atoms with Crippen molar-refractivity contribution in [1.82, 2.24) is 0 Å². The van der Waals surface area contributed by atoms with E-state index in [1.54, 1.807) is 18.2 Å². The highest BCUT2D eigenvalue weighted by Crippen LogP contribution is 2.27. The van der Waals surface area contributed by atoms with E-state index >= 15 is 0 Å². The Morgan fingerprint density at radius 3 is 2.57 bits per heavy atom. The molecular weight excluding hydrogens is 258 g/mol. The topological polar surface area (TPSA) is 29.5 Å². The van der Waals surface area contributed by atoms with E-state index in [0.29, 0.717) is 5.56 Å². The van der Waals surface area contributed by atoms with E-state index in [2.05, 4.69) is 20.7 Å². The molecular formula is C9H9BrF2O2. The summed E-state index contributed by atoms with van der Waals surface area (Å²) in [5.41, 5.74) is 0.352. The average Bonchev–Trinajstić information content (AvgIpc) is 2.16. The van der Waals surface area contributed by atoms with Gasteiger partial charge in [0, 0.05) is 10.9 Å². The highest BCUT2D eigenvalue weighted by atomic mass is 79.9.